The standard InChI is InChI=1S/C24H34N2O2/c1-5-8-15-26(16-9-6-2)23-18-20(19(4)27)17-22(25-7-3)24(23)28-21-13-11-10-12-14-21/h10-14,17-18,25,27H,4-9,15-16H2,1-3H3. The van der Waals surface area contributed by atoms with Crippen LogP contribution in [0.5, 0.6) is 11.5 Å². The van der Waals surface area contributed by atoms with Crippen molar-refractivity contribution in [2.75, 3.05) is 29.9 Å². The summed E-state index contributed by atoms with van der Waals surface area (Å²) >= 11 is 0. The van der Waals surface area contributed by atoms with E-state index in [4.69, 9.17) is 4.74 Å². The molecule has 2 aromatic carbocycles. The third-order valence-corrected chi connectivity index (χ3v) is 4.64. The van der Waals surface area contributed by atoms with Crippen LogP contribution in [0.1, 0.15) is 52.0 Å². The van der Waals surface area contributed by atoms with E-state index in [0.717, 1.165) is 68.2 Å². The highest BCUT2D eigenvalue weighted by Gasteiger charge is 2.19. The minimum absolute atomic E-state index is 0.0672. The Hall–Kier alpha value is -2.62. The Morgan fingerprint density at radius 1 is 1.04 bits per heavy atom. The fraction of sp³-hybridized carbons (Fsp3) is 0.417. The number of hydrogen-bond acceptors (Lipinski definition) is 4. The number of aliphatic hydroxyl groups excluding tert-OH is 1. The van der Waals surface area contributed by atoms with E-state index < -0.39 is 0 Å². The van der Waals surface area contributed by atoms with E-state index in [0.29, 0.717) is 5.56 Å². The first-order chi connectivity index (χ1) is 13.6. The zero-order valence-electron chi connectivity index (χ0n) is 17.5. The highest BCUT2D eigenvalue weighted by Crippen LogP contribution is 2.41. The van der Waals surface area contributed by atoms with Gasteiger partial charge in [0.1, 0.15) is 11.5 Å². The normalized spacial score (nSPS) is 10.5. The minimum Gasteiger partial charge on any atom is -0.508 e. The van der Waals surface area contributed by atoms with Crippen molar-refractivity contribution < 1.29 is 9.84 Å². The summed E-state index contributed by atoms with van der Waals surface area (Å²) in [4.78, 5) is 2.37. The fourth-order valence-corrected chi connectivity index (χ4v) is 3.10. The number of nitrogens with one attached hydrogen (secondary N) is 1. The smallest absolute Gasteiger partial charge is 0.173 e. The molecule has 0 aromatic heterocycles. The van der Waals surface area contributed by atoms with E-state index in [9.17, 15) is 5.11 Å². The third-order valence-electron chi connectivity index (χ3n) is 4.64. The maximum absolute atomic E-state index is 10.1. The van der Waals surface area contributed by atoms with Gasteiger partial charge in [-0.1, -0.05) is 51.5 Å². The second kappa shape index (κ2) is 11.3. The van der Waals surface area contributed by atoms with Crippen LogP contribution in [0.4, 0.5) is 11.4 Å². The van der Waals surface area contributed by atoms with Gasteiger partial charge in [-0.05, 0) is 44.0 Å². The van der Waals surface area contributed by atoms with Crippen LogP contribution in [0.2, 0.25) is 0 Å². The van der Waals surface area contributed by atoms with Crippen LogP contribution < -0.4 is 15.0 Å². The highest BCUT2D eigenvalue weighted by molar-refractivity contribution is 5.79. The number of benzene rings is 2. The summed E-state index contributed by atoms with van der Waals surface area (Å²) in [6.07, 6.45) is 4.47. The Bertz CT molecular complexity index is 736. The lowest BCUT2D eigenvalue weighted by Crippen LogP contribution is -2.26. The summed E-state index contributed by atoms with van der Waals surface area (Å²) in [5.41, 5.74) is 2.57. The predicted molar refractivity (Wildman–Crippen MR) is 121 cm³/mol. The quantitative estimate of drug-likeness (QED) is 0.394. The summed E-state index contributed by atoms with van der Waals surface area (Å²) in [6, 6.07) is 13.7. The molecule has 0 fully saturated rings. The van der Waals surface area contributed by atoms with Crippen molar-refractivity contribution in [1.29, 1.82) is 0 Å². The molecule has 0 saturated carbocycles. The number of rotatable bonds is 12. The molecular formula is C24H34N2O2. The lowest BCUT2D eigenvalue weighted by Gasteiger charge is -2.29. The van der Waals surface area contributed by atoms with Crippen LogP contribution in [0.25, 0.3) is 5.76 Å². The second-order valence-corrected chi connectivity index (χ2v) is 6.96. The average Bonchev–Trinajstić information content (AvgIpc) is 2.70. The molecule has 0 saturated heterocycles. The van der Waals surface area contributed by atoms with E-state index >= 15 is 0 Å². The summed E-state index contributed by atoms with van der Waals surface area (Å²) in [6.45, 7) is 12.9. The number of hydrogen-bond donors (Lipinski definition) is 2. The number of aliphatic hydroxyl groups is 1. The van der Waals surface area contributed by atoms with Gasteiger partial charge in [0.05, 0.1) is 11.4 Å². The van der Waals surface area contributed by atoms with Crippen LogP contribution in [0, 0.1) is 0 Å². The molecule has 152 valence electrons. The molecule has 0 amide bonds. The topological polar surface area (TPSA) is 44.7 Å². The number of unbranched alkanes of at least 4 members (excludes halogenated alkanes) is 2. The van der Waals surface area contributed by atoms with Crippen LogP contribution >= 0.6 is 0 Å². The van der Waals surface area contributed by atoms with Gasteiger partial charge >= 0.3 is 0 Å². The summed E-state index contributed by atoms with van der Waals surface area (Å²) in [5.74, 6) is 1.66. The minimum atomic E-state index is 0.0672. The van der Waals surface area contributed by atoms with E-state index in [1.807, 2.05) is 42.5 Å². The van der Waals surface area contributed by atoms with Crippen LogP contribution in [-0.4, -0.2) is 24.7 Å². The molecule has 0 aliphatic rings. The second-order valence-electron chi connectivity index (χ2n) is 6.96. The van der Waals surface area contributed by atoms with Gasteiger partial charge in [-0.2, -0.15) is 0 Å². The maximum atomic E-state index is 10.1. The first-order valence-corrected chi connectivity index (χ1v) is 10.4. The van der Waals surface area contributed by atoms with Gasteiger partial charge in [0.15, 0.2) is 5.75 Å². The number of anilines is 2. The van der Waals surface area contributed by atoms with Crippen LogP contribution in [0.3, 0.4) is 0 Å². The molecule has 28 heavy (non-hydrogen) atoms. The molecular weight excluding hydrogens is 348 g/mol. The first kappa shape index (κ1) is 21.7. The first-order valence-electron chi connectivity index (χ1n) is 10.4. The monoisotopic (exact) mass is 382 g/mol. The van der Waals surface area contributed by atoms with Gasteiger partial charge in [-0.3, -0.25) is 0 Å². The molecule has 4 heteroatoms. The van der Waals surface area contributed by atoms with Crippen molar-refractivity contribution >= 4 is 17.1 Å². The van der Waals surface area contributed by atoms with Crippen molar-refractivity contribution in [2.24, 2.45) is 0 Å². The molecule has 0 bridgehead atoms. The van der Waals surface area contributed by atoms with Gasteiger partial charge < -0.3 is 20.1 Å². The fourth-order valence-electron chi connectivity index (χ4n) is 3.10. The molecule has 0 radical (unpaired) electrons. The lowest BCUT2D eigenvalue weighted by atomic mass is 10.1. The van der Waals surface area contributed by atoms with E-state index in [2.05, 4.69) is 37.6 Å². The molecule has 0 aliphatic carbocycles. The Morgan fingerprint density at radius 2 is 1.68 bits per heavy atom. The SMILES string of the molecule is C=C(O)c1cc(NCC)c(Oc2ccccc2)c(N(CCCC)CCCC)c1. The molecule has 2 aromatic rings. The third kappa shape index (κ3) is 5.95. The molecule has 0 heterocycles. The molecule has 2 rings (SSSR count). The maximum Gasteiger partial charge on any atom is 0.173 e. The van der Waals surface area contributed by atoms with Crippen molar-refractivity contribution in [3.63, 3.8) is 0 Å². The summed E-state index contributed by atoms with van der Waals surface area (Å²) in [7, 11) is 0. The number of ether oxygens (including phenoxy) is 1. The Balaban J connectivity index is 2.57. The Morgan fingerprint density at radius 3 is 2.21 bits per heavy atom. The van der Waals surface area contributed by atoms with E-state index in [-0.39, 0.29) is 5.76 Å². The average molecular weight is 383 g/mol. The molecule has 0 spiro atoms. The largest absolute Gasteiger partial charge is 0.508 e. The van der Waals surface area contributed by atoms with Gasteiger partial charge in [-0.15, -0.1) is 0 Å². The predicted octanol–water partition coefficient (Wildman–Crippen LogP) is 6.85. The zero-order chi connectivity index (χ0) is 20.4. The van der Waals surface area contributed by atoms with Crippen molar-refractivity contribution in [2.45, 2.75) is 46.5 Å². The van der Waals surface area contributed by atoms with Gasteiger partial charge in [0.2, 0.25) is 0 Å². The van der Waals surface area contributed by atoms with E-state index in [1.54, 1.807) is 0 Å². The lowest BCUT2D eigenvalue weighted by molar-refractivity contribution is 0.481. The van der Waals surface area contributed by atoms with Crippen LogP contribution in [-0.2, 0) is 0 Å². The van der Waals surface area contributed by atoms with Gasteiger partial charge in [0.25, 0.3) is 0 Å². The van der Waals surface area contributed by atoms with E-state index in [1.165, 1.54) is 0 Å². The zero-order valence-corrected chi connectivity index (χ0v) is 17.5. The van der Waals surface area contributed by atoms with Gasteiger partial charge in [-0.25, -0.2) is 0 Å². The Kier molecular flexibility index (Phi) is 8.73. The van der Waals surface area contributed by atoms with Crippen molar-refractivity contribution in [3.8, 4) is 11.5 Å². The summed E-state index contributed by atoms with van der Waals surface area (Å²) < 4.78 is 6.35. The molecule has 0 unspecified atom stereocenters. The number of nitrogens with zero attached hydrogens (tertiary/aromatic N) is 1. The molecule has 4 nitrogen and oxygen atoms in total. The number of para-hydroxylation sites is 1. The van der Waals surface area contributed by atoms with Gasteiger partial charge in [0, 0.05) is 25.2 Å². The van der Waals surface area contributed by atoms with Crippen molar-refractivity contribution in [3.05, 3.63) is 54.6 Å². The van der Waals surface area contributed by atoms with Crippen molar-refractivity contribution in [1.82, 2.24) is 0 Å². The highest BCUT2D eigenvalue weighted by atomic mass is 16.5. The molecule has 0 atom stereocenters. The summed E-state index contributed by atoms with van der Waals surface area (Å²) in [5, 5.41) is 13.5. The van der Waals surface area contributed by atoms with Crippen LogP contribution in [0.15, 0.2) is 49.0 Å². The Labute approximate surface area is 169 Å². The molecule has 2 N–H and O–H groups in total. The molecule has 0 aliphatic heterocycles.